The van der Waals surface area contributed by atoms with Crippen molar-refractivity contribution in [3.05, 3.63) is 23.9 Å². The van der Waals surface area contributed by atoms with E-state index in [4.69, 9.17) is 9.73 Å². The molecule has 6 heteroatoms. The second kappa shape index (κ2) is 11.0. The Morgan fingerprint density at radius 2 is 2.08 bits per heavy atom. The Balaban J connectivity index is 1.98. The van der Waals surface area contributed by atoms with E-state index in [1.807, 2.05) is 19.1 Å². The Labute approximate surface area is 157 Å². The normalized spacial score (nSPS) is 17.0. The van der Waals surface area contributed by atoms with Crippen molar-refractivity contribution in [1.29, 1.82) is 0 Å². The van der Waals surface area contributed by atoms with Crippen molar-refractivity contribution in [2.24, 2.45) is 10.4 Å². The minimum atomic E-state index is 0.196. The van der Waals surface area contributed by atoms with Crippen molar-refractivity contribution < 1.29 is 9.84 Å². The van der Waals surface area contributed by atoms with E-state index in [0.717, 1.165) is 31.0 Å². The van der Waals surface area contributed by atoms with Gasteiger partial charge in [0.05, 0.1) is 13.2 Å². The van der Waals surface area contributed by atoms with Crippen LogP contribution in [-0.2, 0) is 6.54 Å². The molecule has 26 heavy (non-hydrogen) atoms. The Kier molecular flexibility index (Phi) is 8.68. The first kappa shape index (κ1) is 20.5. The SMILES string of the molecule is CCNC(=NCc1ccnc(OCC)c1)NCC1(CCO)CCCCC1. The highest BCUT2D eigenvalue weighted by molar-refractivity contribution is 5.79. The largest absolute Gasteiger partial charge is 0.478 e. The number of aliphatic imine (C=N–C) groups is 1. The highest BCUT2D eigenvalue weighted by Crippen LogP contribution is 2.38. The van der Waals surface area contributed by atoms with Gasteiger partial charge in [-0.15, -0.1) is 0 Å². The molecule has 0 aromatic carbocycles. The standard InChI is InChI=1S/C20H34N4O2/c1-3-21-19(23-15-17-8-12-22-18(14-17)26-4-2)24-16-20(11-13-25)9-6-5-7-10-20/h8,12,14,25H,3-7,9-11,13,15-16H2,1-2H3,(H2,21,23,24). The van der Waals surface area contributed by atoms with Gasteiger partial charge in [-0.25, -0.2) is 9.98 Å². The molecular weight excluding hydrogens is 328 g/mol. The quantitative estimate of drug-likeness (QED) is 0.465. The molecule has 0 bridgehead atoms. The number of ether oxygens (including phenoxy) is 1. The van der Waals surface area contributed by atoms with E-state index in [1.165, 1.54) is 32.1 Å². The third kappa shape index (κ3) is 6.48. The fourth-order valence-corrected chi connectivity index (χ4v) is 3.61. The van der Waals surface area contributed by atoms with Gasteiger partial charge in [0.1, 0.15) is 0 Å². The predicted molar refractivity (Wildman–Crippen MR) is 105 cm³/mol. The lowest BCUT2D eigenvalue weighted by atomic mass is 9.72. The van der Waals surface area contributed by atoms with Crippen LogP contribution in [0.5, 0.6) is 5.88 Å². The lowest BCUT2D eigenvalue weighted by molar-refractivity contribution is 0.131. The van der Waals surface area contributed by atoms with Crippen LogP contribution in [0.25, 0.3) is 0 Å². The van der Waals surface area contributed by atoms with Gasteiger partial charge in [-0.1, -0.05) is 19.3 Å². The summed E-state index contributed by atoms with van der Waals surface area (Å²) < 4.78 is 5.45. The molecule has 1 fully saturated rings. The molecule has 6 nitrogen and oxygen atoms in total. The Hall–Kier alpha value is -1.82. The van der Waals surface area contributed by atoms with Crippen molar-refractivity contribution >= 4 is 5.96 Å². The Morgan fingerprint density at radius 1 is 1.27 bits per heavy atom. The Bertz CT molecular complexity index is 551. The van der Waals surface area contributed by atoms with E-state index in [0.29, 0.717) is 19.0 Å². The van der Waals surface area contributed by atoms with Crippen LogP contribution in [0.3, 0.4) is 0 Å². The van der Waals surface area contributed by atoms with Crippen LogP contribution in [0.2, 0.25) is 0 Å². The lowest BCUT2D eigenvalue weighted by Crippen LogP contribution is -2.44. The molecule has 0 spiro atoms. The molecule has 146 valence electrons. The van der Waals surface area contributed by atoms with Gasteiger partial charge >= 0.3 is 0 Å². The van der Waals surface area contributed by atoms with Crippen molar-refractivity contribution in [1.82, 2.24) is 15.6 Å². The number of aliphatic hydroxyl groups is 1. The first-order chi connectivity index (χ1) is 12.7. The van der Waals surface area contributed by atoms with Crippen LogP contribution in [0.15, 0.2) is 23.3 Å². The van der Waals surface area contributed by atoms with Crippen molar-refractivity contribution in [2.75, 3.05) is 26.3 Å². The molecule has 1 saturated carbocycles. The zero-order chi connectivity index (χ0) is 18.7. The van der Waals surface area contributed by atoms with Gasteiger partial charge in [-0.05, 0) is 50.2 Å². The molecule has 0 atom stereocenters. The fourth-order valence-electron chi connectivity index (χ4n) is 3.61. The second-order valence-electron chi connectivity index (χ2n) is 7.02. The summed E-state index contributed by atoms with van der Waals surface area (Å²) in [5.74, 6) is 1.47. The third-order valence-corrected chi connectivity index (χ3v) is 5.04. The average molecular weight is 363 g/mol. The summed E-state index contributed by atoms with van der Waals surface area (Å²) >= 11 is 0. The van der Waals surface area contributed by atoms with E-state index in [9.17, 15) is 5.11 Å². The van der Waals surface area contributed by atoms with Crippen LogP contribution >= 0.6 is 0 Å². The van der Waals surface area contributed by atoms with E-state index in [1.54, 1.807) is 6.20 Å². The molecule has 0 radical (unpaired) electrons. The molecule has 0 saturated heterocycles. The molecule has 0 aliphatic heterocycles. The Morgan fingerprint density at radius 3 is 2.77 bits per heavy atom. The maximum atomic E-state index is 9.48. The number of aliphatic hydroxyl groups excluding tert-OH is 1. The summed E-state index contributed by atoms with van der Waals surface area (Å²) in [4.78, 5) is 8.90. The maximum absolute atomic E-state index is 9.48. The zero-order valence-corrected chi connectivity index (χ0v) is 16.3. The summed E-state index contributed by atoms with van der Waals surface area (Å²) in [5.41, 5.74) is 1.27. The molecule has 2 rings (SSSR count). The topological polar surface area (TPSA) is 78.8 Å². The summed E-state index contributed by atoms with van der Waals surface area (Å²) in [7, 11) is 0. The second-order valence-corrected chi connectivity index (χ2v) is 7.02. The number of pyridine rings is 1. The lowest BCUT2D eigenvalue weighted by Gasteiger charge is -2.37. The summed E-state index contributed by atoms with van der Waals surface area (Å²) in [6.07, 6.45) is 8.81. The monoisotopic (exact) mass is 362 g/mol. The third-order valence-electron chi connectivity index (χ3n) is 5.04. The van der Waals surface area contributed by atoms with Crippen LogP contribution in [0.4, 0.5) is 0 Å². The smallest absolute Gasteiger partial charge is 0.213 e. The molecule has 1 aromatic heterocycles. The molecule has 0 unspecified atom stereocenters. The van der Waals surface area contributed by atoms with Gasteiger partial charge in [-0.2, -0.15) is 0 Å². The highest BCUT2D eigenvalue weighted by Gasteiger charge is 2.31. The summed E-state index contributed by atoms with van der Waals surface area (Å²) in [6.45, 7) is 7.14. The van der Waals surface area contributed by atoms with Gasteiger partial charge in [0.15, 0.2) is 5.96 Å². The summed E-state index contributed by atoms with van der Waals surface area (Å²) in [6, 6.07) is 3.90. The number of aromatic nitrogens is 1. The first-order valence-corrected chi connectivity index (χ1v) is 9.92. The van der Waals surface area contributed by atoms with Crippen molar-refractivity contribution in [3.63, 3.8) is 0 Å². The van der Waals surface area contributed by atoms with Gasteiger partial charge in [0.25, 0.3) is 0 Å². The average Bonchev–Trinajstić information content (AvgIpc) is 2.66. The predicted octanol–water partition coefficient (Wildman–Crippen LogP) is 2.87. The minimum absolute atomic E-state index is 0.196. The summed E-state index contributed by atoms with van der Waals surface area (Å²) in [5, 5.41) is 16.3. The number of guanidine groups is 1. The fraction of sp³-hybridized carbons (Fsp3) is 0.700. The van der Waals surface area contributed by atoms with E-state index in [2.05, 4.69) is 22.5 Å². The number of hydrogen-bond acceptors (Lipinski definition) is 4. The minimum Gasteiger partial charge on any atom is -0.478 e. The molecule has 3 N–H and O–H groups in total. The van der Waals surface area contributed by atoms with Gasteiger partial charge in [-0.3, -0.25) is 0 Å². The van der Waals surface area contributed by atoms with Gasteiger partial charge in [0.2, 0.25) is 5.88 Å². The van der Waals surface area contributed by atoms with Gasteiger partial charge in [0, 0.05) is 32.0 Å². The van der Waals surface area contributed by atoms with Crippen LogP contribution in [0, 0.1) is 5.41 Å². The zero-order valence-electron chi connectivity index (χ0n) is 16.3. The van der Waals surface area contributed by atoms with E-state index in [-0.39, 0.29) is 12.0 Å². The number of nitrogens with one attached hydrogen (secondary N) is 2. The number of hydrogen-bond donors (Lipinski definition) is 3. The number of nitrogens with zero attached hydrogens (tertiary/aromatic N) is 2. The van der Waals surface area contributed by atoms with Crippen molar-refractivity contribution in [2.45, 2.75) is 58.9 Å². The van der Waals surface area contributed by atoms with Crippen LogP contribution < -0.4 is 15.4 Å². The highest BCUT2D eigenvalue weighted by atomic mass is 16.5. The molecule has 1 heterocycles. The molecule has 1 aliphatic rings. The molecule has 1 aliphatic carbocycles. The van der Waals surface area contributed by atoms with Gasteiger partial charge < -0.3 is 20.5 Å². The van der Waals surface area contributed by atoms with E-state index >= 15 is 0 Å². The van der Waals surface area contributed by atoms with Crippen molar-refractivity contribution in [3.8, 4) is 5.88 Å². The molecule has 0 amide bonds. The van der Waals surface area contributed by atoms with E-state index < -0.39 is 0 Å². The number of rotatable bonds is 9. The maximum Gasteiger partial charge on any atom is 0.213 e. The first-order valence-electron chi connectivity index (χ1n) is 9.92. The van der Waals surface area contributed by atoms with Crippen LogP contribution in [-0.4, -0.2) is 42.4 Å². The van der Waals surface area contributed by atoms with Crippen LogP contribution in [0.1, 0.15) is 57.9 Å². The molecule has 1 aromatic rings. The molecular formula is C20H34N4O2.